The van der Waals surface area contributed by atoms with Crippen LogP contribution in [0.4, 0.5) is 10.1 Å². The molecule has 2 aromatic rings. The van der Waals surface area contributed by atoms with E-state index in [2.05, 4.69) is 29.8 Å². The Labute approximate surface area is 169 Å². The zero-order chi connectivity index (χ0) is 19.7. The van der Waals surface area contributed by atoms with Crippen LogP contribution in [-0.4, -0.2) is 22.2 Å². The molecule has 0 saturated carbocycles. The van der Waals surface area contributed by atoms with E-state index in [1.54, 1.807) is 12.1 Å². The summed E-state index contributed by atoms with van der Waals surface area (Å²) in [6.45, 7) is 4.16. The quantitative estimate of drug-likeness (QED) is 0.678. The van der Waals surface area contributed by atoms with Crippen molar-refractivity contribution in [3.63, 3.8) is 0 Å². The summed E-state index contributed by atoms with van der Waals surface area (Å²) in [5.74, 6) is -1.52. The summed E-state index contributed by atoms with van der Waals surface area (Å²) in [7, 11) is 0. The highest BCUT2D eigenvalue weighted by molar-refractivity contribution is 9.10. The largest absolute Gasteiger partial charge is 0.481 e. The number of carboxylic acids is 1. The molecule has 0 bridgehead atoms. The maximum atomic E-state index is 14.4. The maximum absolute atomic E-state index is 14.4. The number of nitrogens with zero attached hydrogens (tertiary/aromatic N) is 1. The molecule has 2 aromatic carbocycles. The van der Waals surface area contributed by atoms with Crippen molar-refractivity contribution in [2.75, 3.05) is 4.90 Å². The number of thioether (sulfide) groups is 1. The fraction of sp³-hybridized carbons (Fsp3) is 0.300. The van der Waals surface area contributed by atoms with Crippen molar-refractivity contribution < 1.29 is 19.1 Å². The van der Waals surface area contributed by atoms with Gasteiger partial charge in [-0.05, 0) is 29.7 Å². The molecule has 0 aromatic heterocycles. The summed E-state index contributed by atoms with van der Waals surface area (Å²) in [4.78, 5) is 26.7. The normalized spacial score (nSPS) is 16.6. The maximum Gasteiger partial charge on any atom is 0.305 e. The lowest BCUT2D eigenvalue weighted by Crippen LogP contribution is -2.41. The number of carbonyl (C=O) groups is 2. The number of carbonyl (C=O) groups excluding carboxylic acids is 1. The van der Waals surface area contributed by atoms with Crippen LogP contribution in [0.15, 0.2) is 45.8 Å². The lowest BCUT2D eigenvalue weighted by molar-refractivity contribution is -0.138. The Hall–Kier alpha value is -1.86. The molecular weight excluding hydrogens is 433 g/mol. The molecule has 1 amide bonds. The number of aliphatic carboxylic acids is 1. The van der Waals surface area contributed by atoms with Crippen LogP contribution < -0.4 is 4.90 Å². The molecule has 4 nitrogen and oxygen atoms in total. The second-order valence-electron chi connectivity index (χ2n) is 6.71. The molecule has 0 radical (unpaired) electrons. The first-order valence-corrected chi connectivity index (χ1v) is 10.2. The standard InChI is InChI=1S/C20H19BrFNO3S/c1-11(2)14-4-3-5-16-19(14)27-17(9-18(24)25)20(26)23(16)10-12-6-7-13(21)8-15(12)22/h3-8,11,17H,9-10H2,1-2H3,(H,24,25). The SMILES string of the molecule is CC(C)c1cccc2c1SC(CC(=O)O)C(=O)N2Cc1ccc(Br)cc1F. The van der Waals surface area contributed by atoms with Crippen molar-refractivity contribution >= 4 is 45.3 Å². The van der Waals surface area contributed by atoms with E-state index in [1.165, 1.54) is 22.7 Å². The van der Waals surface area contributed by atoms with Crippen LogP contribution in [0.1, 0.15) is 37.3 Å². The van der Waals surface area contributed by atoms with Crippen molar-refractivity contribution in [1.82, 2.24) is 0 Å². The summed E-state index contributed by atoms with van der Waals surface area (Å²) < 4.78 is 15.0. The monoisotopic (exact) mass is 451 g/mol. The van der Waals surface area contributed by atoms with E-state index < -0.39 is 17.0 Å². The molecule has 27 heavy (non-hydrogen) atoms. The van der Waals surface area contributed by atoms with Gasteiger partial charge in [-0.1, -0.05) is 48.0 Å². The van der Waals surface area contributed by atoms with Gasteiger partial charge in [-0.15, -0.1) is 11.8 Å². The second kappa shape index (κ2) is 8.02. The van der Waals surface area contributed by atoms with Gasteiger partial charge in [-0.3, -0.25) is 9.59 Å². The third kappa shape index (κ3) is 4.19. The lowest BCUT2D eigenvalue weighted by atomic mass is 10.0. The van der Waals surface area contributed by atoms with E-state index in [0.29, 0.717) is 15.7 Å². The predicted molar refractivity (Wildman–Crippen MR) is 108 cm³/mol. The number of halogens is 2. The van der Waals surface area contributed by atoms with Crippen LogP contribution in [0.2, 0.25) is 0 Å². The minimum Gasteiger partial charge on any atom is -0.481 e. The minimum atomic E-state index is -1.03. The van der Waals surface area contributed by atoms with E-state index in [4.69, 9.17) is 0 Å². The smallest absolute Gasteiger partial charge is 0.305 e. The average Bonchev–Trinajstić information content (AvgIpc) is 2.59. The van der Waals surface area contributed by atoms with Gasteiger partial charge >= 0.3 is 5.97 Å². The number of carboxylic acid groups (broad SMARTS) is 1. The van der Waals surface area contributed by atoms with Gasteiger partial charge in [0, 0.05) is 14.9 Å². The molecule has 1 aliphatic heterocycles. The predicted octanol–water partition coefficient (Wildman–Crippen LogP) is 5.19. The lowest BCUT2D eigenvalue weighted by Gasteiger charge is -2.35. The van der Waals surface area contributed by atoms with Crippen molar-refractivity contribution in [3.8, 4) is 0 Å². The highest BCUT2D eigenvalue weighted by atomic mass is 79.9. The molecule has 7 heteroatoms. The molecule has 1 unspecified atom stereocenters. The molecule has 1 N–H and O–H groups in total. The number of anilines is 1. The van der Waals surface area contributed by atoms with E-state index in [0.717, 1.165) is 10.5 Å². The second-order valence-corrected chi connectivity index (χ2v) is 8.84. The van der Waals surface area contributed by atoms with Gasteiger partial charge in [0.05, 0.1) is 23.9 Å². The Kier molecular flexibility index (Phi) is 5.91. The molecular formula is C20H19BrFNO3S. The van der Waals surface area contributed by atoms with E-state index in [-0.39, 0.29) is 24.8 Å². The minimum absolute atomic E-state index is 0.0587. The van der Waals surface area contributed by atoms with Crippen LogP contribution in [0.3, 0.4) is 0 Å². The highest BCUT2D eigenvalue weighted by Crippen LogP contribution is 2.45. The topological polar surface area (TPSA) is 57.6 Å². The van der Waals surface area contributed by atoms with Gasteiger partial charge in [0.2, 0.25) is 5.91 Å². The van der Waals surface area contributed by atoms with Gasteiger partial charge in [0.1, 0.15) is 5.82 Å². The highest BCUT2D eigenvalue weighted by Gasteiger charge is 2.36. The first-order chi connectivity index (χ1) is 12.8. The molecule has 0 spiro atoms. The van der Waals surface area contributed by atoms with Crippen LogP contribution in [0.5, 0.6) is 0 Å². The number of rotatable bonds is 5. The zero-order valence-electron chi connectivity index (χ0n) is 14.9. The number of hydrogen-bond acceptors (Lipinski definition) is 3. The number of fused-ring (bicyclic) bond motifs is 1. The van der Waals surface area contributed by atoms with E-state index >= 15 is 0 Å². The average molecular weight is 452 g/mol. The zero-order valence-corrected chi connectivity index (χ0v) is 17.3. The fourth-order valence-corrected chi connectivity index (χ4v) is 4.90. The molecule has 142 valence electrons. The van der Waals surface area contributed by atoms with Crippen molar-refractivity contribution in [3.05, 3.63) is 57.8 Å². The molecule has 3 rings (SSSR count). The third-order valence-corrected chi connectivity index (χ3v) is 6.27. The number of benzene rings is 2. The van der Waals surface area contributed by atoms with Gasteiger partial charge in [-0.25, -0.2) is 4.39 Å². The fourth-order valence-electron chi connectivity index (χ4n) is 3.09. The van der Waals surface area contributed by atoms with E-state index in [1.807, 2.05) is 18.2 Å². The Morgan fingerprint density at radius 1 is 1.33 bits per heavy atom. The van der Waals surface area contributed by atoms with Gasteiger partial charge < -0.3 is 10.0 Å². The van der Waals surface area contributed by atoms with Crippen molar-refractivity contribution in [2.45, 2.75) is 42.9 Å². The van der Waals surface area contributed by atoms with Crippen molar-refractivity contribution in [1.29, 1.82) is 0 Å². The first kappa shape index (κ1) is 19.9. The molecule has 0 saturated heterocycles. The van der Waals surface area contributed by atoms with Crippen LogP contribution in [0, 0.1) is 5.82 Å². The third-order valence-electron chi connectivity index (χ3n) is 4.44. The summed E-state index contributed by atoms with van der Waals surface area (Å²) in [6, 6.07) is 10.4. The molecule has 1 aliphatic rings. The van der Waals surface area contributed by atoms with Crippen LogP contribution >= 0.6 is 27.7 Å². The first-order valence-electron chi connectivity index (χ1n) is 8.54. The van der Waals surface area contributed by atoms with Crippen molar-refractivity contribution in [2.24, 2.45) is 0 Å². The molecule has 1 heterocycles. The molecule has 0 fully saturated rings. The summed E-state index contributed by atoms with van der Waals surface area (Å²) in [5.41, 5.74) is 2.15. The van der Waals surface area contributed by atoms with Gasteiger partial charge in [-0.2, -0.15) is 0 Å². The number of hydrogen-bond donors (Lipinski definition) is 1. The van der Waals surface area contributed by atoms with Crippen LogP contribution in [-0.2, 0) is 16.1 Å². The summed E-state index contributed by atoms with van der Waals surface area (Å²) in [6.07, 6.45) is -0.269. The Morgan fingerprint density at radius 2 is 2.07 bits per heavy atom. The number of amides is 1. The summed E-state index contributed by atoms with van der Waals surface area (Å²) >= 11 is 4.53. The van der Waals surface area contributed by atoms with Crippen LogP contribution in [0.25, 0.3) is 0 Å². The molecule has 1 atom stereocenters. The Morgan fingerprint density at radius 3 is 2.70 bits per heavy atom. The summed E-state index contributed by atoms with van der Waals surface area (Å²) in [5, 5.41) is 8.48. The van der Waals surface area contributed by atoms with Gasteiger partial charge in [0.15, 0.2) is 0 Å². The Bertz CT molecular complexity index is 903. The van der Waals surface area contributed by atoms with E-state index in [9.17, 15) is 19.1 Å². The molecule has 0 aliphatic carbocycles. The van der Waals surface area contributed by atoms with Gasteiger partial charge in [0.25, 0.3) is 0 Å². The Balaban J connectivity index is 2.07.